The van der Waals surface area contributed by atoms with Gasteiger partial charge in [-0.05, 0) is 97.1 Å². The minimum Gasteiger partial charge on any atom is -0.616 e. The van der Waals surface area contributed by atoms with Crippen molar-refractivity contribution in [1.29, 1.82) is 0 Å². The highest BCUT2D eigenvalue weighted by Gasteiger charge is 2.38. The third-order valence-corrected chi connectivity index (χ3v) is 16.5. The van der Waals surface area contributed by atoms with E-state index in [4.69, 9.17) is 0 Å². The van der Waals surface area contributed by atoms with Gasteiger partial charge >= 0.3 is 0 Å². The molecule has 0 fully saturated rings. The van der Waals surface area contributed by atoms with Gasteiger partial charge in [-0.2, -0.15) is 0 Å². The van der Waals surface area contributed by atoms with Gasteiger partial charge in [0, 0.05) is 90.1 Å². The average Bonchev–Trinajstić information content (AvgIpc) is 4.16. The lowest BCUT2D eigenvalue weighted by atomic mass is 10.1. The predicted octanol–water partition coefficient (Wildman–Crippen LogP) is 18.0. The maximum atomic E-state index is 16.3. The van der Waals surface area contributed by atoms with Crippen LogP contribution in [0.3, 0.4) is 0 Å². The molecule has 16 rings (SSSR count). The summed E-state index contributed by atoms with van der Waals surface area (Å²) in [7, 11) is 0. The van der Waals surface area contributed by atoms with Gasteiger partial charge in [0.1, 0.15) is 5.69 Å². The molecule has 11 aromatic carbocycles. The van der Waals surface area contributed by atoms with E-state index in [0.717, 1.165) is 65.6 Å². The molecule has 73 heavy (non-hydrogen) atoms. The first-order valence-electron chi connectivity index (χ1n) is 24.8. The second-order valence-electron chi connectivity index (χ2n) is 19.2. The van der Waals surface area contributed by atoms with E-state index < -0.39 is 4.65 Å². The van der Waals surface area contributed by atoms with Crippen LogP contribution in [0.4, 0.5) is 17.1 Å². The summed E-state index contributed by atoms with van der Waals surface area (Å²) in [5, 5.41) is 25.9. The molecule has 0 spiro atoms. The molecule has 0 atom stereocenters. The number of nitrogens with zero attached hydrogens (tertiary/aromatic N) is 5. The molecule has 0 radical (unpaired) electrons. The van der Waals surface area contributed by atoms with Gasteiger partial charge in [-0.25, -0.2) is 0 Å². The SMILES string of the molecule is [O-][N+]1(c2ccccc2)c2ccc(-n3c4ccccc4c4cc5c6ccccc6n(-c6ccccc6)c5cc43)cc2Sc2cc(-n3c4ccccc4c4cc5c6ccccc6n(-c6ccccc6)c5cc43)ccc21. The van der Waals surface area contributed by atoms with Crippen molar-refractivity contribution < 1.29 is 0 Å². The van der Waals surface area contributed by atoms with E-state index in [1.807, 2.05) is 30.3 Å². The molecule has 6 nitrogen and oxygen atoms in total. The van der Waals surface area contributed by atoms with Crippen LogP contribution in [0.1, 0.15) is 0 Å². The Morgan fingerprint density at radius 2 is 0.575 bits per heavy atom. The zero-order valence-electron chi connectivity index (χ0n) is 39.2. The number of aromatic nitrogens is 4. The Morgan fingerprint density at radius 3 is 0.945 bits per heavy atom. The molecule has 0 saturated heterocycles. The molecule has 5 heterocycles. The lowest BCUT2D eigenvalue weighted by Gasteiger charge is -2.45. The quantitative estimate of drug-likeness (QED) is 0.127. The molecule has 15 aromatic rings. The van der Waals surface area contributed by atoms with Crippen LogP contribution in [0.15, 0.2) is 259 Å². The summed E-state index contributed by atoms with van der Waals surface area (Å²) in [6, 6.07) is 88.4. The molecule has 0 unspecified atom stereocenters. The molecule has 1 aliphatic heterocycles. The van der Waals surface area contributed by atoms with Crippen LogP contribution in [0.25, 0.3) is 110 Å². The summed E-state index contributed by atoms with van der Waals surface area (Å²) >= 11 is 1.68. The van der Waals surface area contributed by atoms with Crippen molar-refractivity contribution in [2.75, 3.05) is 0 Å². The predicted molar refractivity (Wildman–Crippen MR) is 305 cm³/mol. The average molecular weight is 952 g/mol. The first kappa shape index (κ1) is 40.6. The van der Waals surface area contributed by atoms with Crippen LogP contribution in [0.5, 0.6) is 0 Å². The van der Waals surface area contributed by atoms with Crippen LogP contribution in [0, 0.1) is 5.21 Å². The number of quaternary nitrogens is 1. The first-order chi connectivity index (χ1) is 36.1. The maximum absolute atomic E-state index is 16.3. The molecule has 342 valence electrons. The van der Waals surface area contributed by atoms with Crippen molar-refractivity contribution in [3.05, 3.63) is 254 Å². The monoisotopic (exact) mass is 951 g/mol. The summed E-state index contributed by atoms with van der Waals surface area (Å²) in [4.78, 5) is 1.84. The van der Waals surface area contributed by atoms with Gasteiger partial charge in [0.2, 0.25) is 0 Å². The molecule has 0 amide bonds. The van der Waals surface area contributed by atoms with Crippen molar-refractivity contribution in [2.24, 2.45) is 0 Å². The molecule has 0 bridgehead atoms. The van der Waals surface area contributed by atoms with Gasteiger partial charge in [0.15, 0.2) is 11.4 Å². The van der Waals surface area contributed by atoms with Crippen molar-refractivity contribution in [3.63, 3.8) is 0 Å². The van der Waals surface area contributed by atoms with Gasteiger partial charge in [-0.1, -0.05) is 139 Å². The molecule has 7 heteroatoms. The molecule has 1 aliphatic rings. The Morgan fingerprint density at radius 1 is 0.260 bits per heavy atom. The zero-order chi connectivity index (χ0) is 47.9. The zero-order valence-corrected chi connectivity index (χ0v) is 40.0. The van der Waals surface area contributed by atoms with Gasteiger partial charge in [-0.3, -0.25) is 4.65 Å². The van der Waals surface area contributed by atoms with Crippen molar-refractivity contribution in [2.45, 2.75) is 9.79 Å². The lowest BCUT2D eigenvalue weighted by Crippen LogP contribution is -2.34. The molecular weight excluding hydrogens is 911 g/mol. The van der Waals surface area contributed by atoms with Gasteiger partial charge in [-0.15, -0.1) is 0 Å². The minimum absolute atomic E-state index is 0.659. The fourth-order valence-electron chi connectivity index (χ4n) is 12.3. The molecule has 0 aliphatic carbocycles. The van der Waals surface area contributed by atoms with Crippen LogP contribution < -0.4 is 4.65 Å². The van der Waals surface area contributed by atoms with Crippen LogP contribution >= 0.6 is 11.8 Å². The van der Waals surface area contributed by atoms with Gasteiger partial charge in [0.25, 0.3) is 0 Å². The number of para-hydroxylation sites is 7. The third kappa shape index (κ3) is 5.66. The Kier molecular flexibility index (Phi) is 8.45. The smallest absolute Gasteiger partial charge is 0.157 e. The molecule has 4 aromatic heterocycles. The molecule has 0 saturated carbocycles. The fraction of sp³-hybridized carbons (Fsp3) is 0. The second-order valence-corrected chi connectivity index (χ2v) is 20.3. The second kappa shape index (κ2) is 15.2. The normalized spacial score (nSPS) is 13.3. The van der Waals surface area contributed by atoms with Gasteiger partial charge < -0.3 is 23.5 Å². The summed E-state index contributed by atoms with van der Waals surface area (Å²) < 4.78 is 8.83. The van der Waals surface area contributed by atoms with Crippen LogP contribution in [-0.2, 0) is 0 Å². The van der Waals surface area contributed by atoms with E-state index in [-0.39, 0.29) is 0 Å². The summed E-state index contributed by atoms with van der Waals surface area (Å²) in [5.74, 6) is 0. The van der Waals surface area contributed by atoms with Crippen molar-refractivity contribution in [3.8, 4) is 22.7 Å². The summed E-state index contributed by atoms with van der Waals surface area (Å²) in [6.45, 7) is 0. The van der Waals surface area contributed by atoms with E-state index in [0.29, 0.717) is 17.1 Å². The third-order valence-electron chi connectivity index (χ3n) is 15.4. The Bertz CT molecular complexity index is 4490. The maximum Gasteiger partial charge on any atom is 0.157 e. The van der Waals surface area contributed by atoms with E-state index in [1.54, 1.807) is 11.8 Å². The van der Waals surface area contributed by atoms with Crippen LogP contribution in [0.2, 0.25) is 0 Å². The highest BCUT2D eigenvalue weighted by Crippen LogP contribution is 2.57. The van der Waals surface area contributed by atoms with E-state index in [2.05, 4.69) is 237 Å². The van der Waals surface area contributed by atoms with E-state index in [9.17, 15) is 0 Å². The highest BCUT2D eigenvalue weighted by atomic mass is 32.2. The largest absolute Gasteiger partial charge is 0.616 e. The number of hydrogen-bond donors (Lipinski definition) is 0. The summed E-state index contributed by atoms with van der Waals surface area (Å²) in [6.07, 6.45) is 0. The summed E-state index contributed by atoms with van der Waals surface area (Å²) in [5.41, 5.74) is 15.4. The van der Waals surface area contributed by atoms with Gasteiger partial charge in [0.05, 0.1) is 53.9 Å². The first-order valence-corrected chi connectivity index (χ1v) is 25.6. The fourth-order valence-corrected chi connectivity index (χ4v) is 13.5. The van der Waals surface area contributed by atoms with Crippen molar-refractivity contribution in [1.82, 2.24) is 22.9 Å². The number of fused-ring (bicyclic) bond motifs is 14. The standard InChI is InChI=1S/C66H41N5OS/c72-71(46-22-8-3-9-23-46)63-34-32-44(69-57-30-16-12-26-49(57)53-38-51-47-24-10-14-28-55(47)67(59(51)40-61(53)69)42-18-4-1-5-19-42)36-65(63)73-66-37-45(33-35-64(66)71)70-58-31-17-13-27-50(58)54-39-52-48-25-11-15-29-56(48)68(60(52)41-62(54)70)43-20-6-2-7-21-43/h1-41H. The topological polar surface area (TPSA) is 42.8 Å². The number of benzene rings is 11. The van der Waals surface area contributed by atoms with Crippen LogP contribution in [-0.4, -0.2) is 18.3 Å². The Balaban J connectivity index is 0.917. The lowest BCUT2D eigenvalue weighted by molar-refractivity contribution is 0.661. The van der Waals surface area contributed by atoms with E-state index in [1.165, 1.54) is 54.1 Å². The Labute approximate surface area is 423 Å². The molecule has 0 N–H and O–H groups in total. The highest BCUT2D eigenvalue weighted by molar-refractivity contribution is 7.99. The minimum atomic E-state index is -0.713. The number of hydrogen-bond acceptors (Lipinski definition) is 2. The Hall–Kier alpha value is -9.11. The molecular formula is C66H41N5OS. The van der Waals surface area contributed by atoms with Crippen molar-refractivity contribution >= 4 is 116 Å². The number of rotatable bonds is 5. The van der Waals surface area contributed by atoms with E-state index >= 15 is 5.21 Å².